The third-order valence-electron chi connectivity index (χ3n) is 7.56. The molecule has 0 aromatic carbocycles. The molecule has 2 amide bonds. The summed E-state index contributed by atoms with van der Waals surface area (Å²) in [4.78, 5) is 60.7. The fraction of sp³-hybridized carbons (Fsp3) is 0.808. The molecule has 0 aromatic heterocycles. The third-order valence-corrected chi connectivity index (χ3v) is 7.56. The van der Waals surface area contributed by atoms with Gasteiger partial charge in [0.15, 0.2) is 6.29 Å². The molecule has 2 rings (SSSR count). The lowest BCUT2D eigenvalue weighted by molar-refractivity contribution is -0.297. The first-order valence-electron chi connectivity index (χ1n) is 14.0. The van der Waals surface area contributed by atoms with E-state index in [4.69, 9.17) is 24.4 Å². The smallest absolute Gasteiger partial charge is 0.317 e. The van der Waals surface area contributed by atoms with Gasteiger partial charge in [-0.15, -0.1) is 0 Å². The first-order chi connectivity index (χ1) is 20.0. The van der Waals surface area contributed by atoms with Gasteiger partial charge in [0.05, 0.1) is 56.6 Å². The molecule has 7 N–H and O–H groups in total. The van der Waals surface area contributed by atoms with Gasteiger partial charge in [0, 0.05) is 25.9 Å². The second-order valence-corrected chi connectivity index (χ2v) is 11.1. The summed E-state index contributed by atoms with van der Waals surface area (Å²) in [7, 11) is 0. The molecule has 43 heavy (non-hydrogen) atoms. The van der Waals surface area contributed by atoms with Crippen molar-refractivity contribution in [3.05, 3.63) is 0 Å². The lowest BCUT2D eigenvalue weighted by Crippen LogP contribution is -2.66. The summed E-state index contributed by atoms with van der Waals surface area (Å²) in [5.41, 5.74) is 0. The zero-order chi connectivity index (χ0) is 32.6. The van der Waals surface area contributed by atoms with E-state index in [1.165, 1.54) is 11.8 Å². The number of amides is 2. The maximum Gasteiger partial charge on any atom is 0.317 e. The topological polar surface area (TPSA) is 245 Å². The van der Waals surface area contributed by atoms with E-state index < -0.39 is 111 Å². The molecule has 2 aliphatic heterocycles. The molecule has 0 aliphatic carbocycles. The maximum absolute atomic E-state index is 13.1. The van der Waals surface area contributed by atoms with E-state index in [0.29, 0.717) is 0 Å². The standard InChI is InChI=1S/C26H44N4O13/c1-12-13(2)42-26(43-25-15(4)41-14(3)21(24(25)40)27-16(5)31)22(23(12)39)28-17(32)8-29(9-18(33)34)6-7-30(10-19(35)36)11-20(37)38/h12-15,21-26,39-40H,6-11H2,1-5H3,(H,27,31)(H,28,32)(H,33,34)(H,35,36)(H,37,38)/t12-,13?,14+,15-,21?,22?,23+,24?,25+,26-/m0/s1. The van der Waals surface area contributed by atoms with Gasteiger partial charge in [-0.3, -0.25) is 33.8 Å². The van der Waals surface area contributed by atoms with Gasteiger partial charge in [0.25, 0.3) is 0 Å². The number of aliphatic hydroxyl groups excluding tert-OH is 2. The maximum atomic E-state index is 13.1. The summed E-state index contributed by atoms with van der Waals surface area (Å²) in [6, 6.07) is -1.96. The molecule has 0 bridgehead atoms. The number of hydrogen-bond acceptors (Lipinski definition) is 12. The Kier molecular flexibility index (Phi) is 13.7. The molecule has 246 valence electrons. The van der Waals surface area contributed by atoms with E-state index in [-0.39, 0.29) is 19.0 Å². The van der Waals surface area contributed by atoms with E-state index in [1.807, 2.05) is 0 Å². The van der Waals surface area contributed by atoms with Gasteiger partial charge < -0.3 is 50.4 Å². The number of aliphatic hydroxyl groups is 2. The Morgan fingerprint density at radius 1 is 0.698 bits per heavy atom. The number of carbonyl (C=O) groups excluding carboxylic acids is 2. The van der Waals surface area contributed by atoms with Gasteiger partial charge in [-0.2, -0.15) is 0 Å². The van der Waals surface area contributed by atoms with Crippen molar-refractivity contribution in [2.24, 2.45) is 5.92 Å². The second kappa shape index (κ2) is 16.2. The summed E-state index contributed by atoms with van der Waals surface area (Å²) >= 11 is 0. The van der Waals surface area contributed by atoms with Crippen LogP contribution in [0.15, 0.2) is 0 Å². The van der Waals surface area contributed by atoms with Crippen molar-refractivity contribution in [3.8, 4) is 0 Å². The number of nitrogens with zero attached hydrogens (tertiary/aromatic N) is 2. The summed E-state index contributed by atoms with van der Waals surface area (Å²) < 4.78 is 17.9. The highest BCUT2D eigenvalue weighted by molar-refractivity contribution is 5.79. The molecule has 0 aromatic rings. The number of carboxylic acids is 3. The van der Waals surface area contributed by atoms with Gasteiger partial charge in [0.2, 0.25) is 11.8 Å². The first kappa shape index (κ1) is 36.3. The Hall–Kier alpha value is -2.93. The highest BCUT2D eigenvalue weighted by Gasteiger charge is 2.48. The van der Waals surface area contributed by atoms with E-state index >= 15 is 0 Å². The number of rotatable bonds is 15. The van der Waals surface area contributed by atoms with Crippen molar-refractivity contribution in [2.45, 2.75) is 89.6 Å². The monoisotopic (exact) mass is 620 g/mol. The number of ether oxygens (including phenoxy) is 3. The molecule has 2 saturated heterocycles. The van der Waals surface area contributed by atoms with Crippen LogP contribution in [0.2, 0.25) is 0 Å². The van der Waals surface area contributed by atoms with Crippen LogP contribution in [0.25, 0.3) is 0 Å². The SMILES string of the molecule is CC(=O)NC1C(O)[C@H](O[C@@H]2OC(C)[C@H](C)[C@@H](O)C2NC(=O)CN(CCN(CC(=O)O)CC(=O)O)CC(=O)O)[C@H](C)O[C@@H]1C. The Labute approximate surface area is 249 Å². The Morgan fingerprint density at radius 2 is 1.21 bits per heavy atom. The average Bonchev–Trinajstić information content (AvgIpc) is 2.87. The van der Waals surface area contributed by atoms with Crippen molar-refractivity contribution in [1.82, 2.24) is 20.4 Å². The van der Waals surface area contributed by atoms with E-state index in [1.54, 1.807) is 27.7 Å². The van der Waals surface area contributed by atoms with Crippen molar-refractivity contribution in [2.75, 3.05) is 39.3 Å². The van der Waals surface area contributed by atoms with E-state index in [9.17, 15) is 39.3 Å². The number of aliphatic carboxylic acids is 3. The number of hydrogen-bond donors (Lipinski definition) is 7. The fourth-order valence-corrected chi connectivity index (χ4v) is 5.22. The van der Waals surface area contributed by atoms with Crippen LogP contribution in [-0.4, -0.2) is 159 Å². The first-order valence-corrected chi connectivity index (χ1v) is 14.0. The molecule has 0 spiro atoms. The minimum absolute atomic E-state index is 0.150. The summed E-state index contributed by atoms with van der Waals surface area (Å²) in [5.74, 6) is -5.38. The van der Waals surface area contributed by atoms with Crippen molar-refractivity contribution in [3.63, 3.8) is 0 Å². The Balaban J connectivity index is 2.18. The molecule has 0 radical (unpaired) electrons. The number of nitrogens with one attached hydrogen (secondary N) is 2. The molecule has 0 saturated carbocycles. The molecule has 17 heteroatoms. The minimum atomic E-state index is -1.27. The molecule has 2 fully saturated rings. The fourth-order valence-electron chi connectivity index (χ4n) is 5.22. The molecular weight excluding hydrogens is 576 g/mol. The van der Waals surface area contributed by atoms with Gasteiger partial charge in [-0.1, -0.05) is 6.92 Å². The van der Waals surface area contributed by atoms with Gasteiger partial charge in [-0.25, -0.2) is 0 Å². The Bertz CT molecular complexity index is 984. The number of carboxylic acid groups (broad SMARTS) is 3. The van der Waals surface area contributed by atoms with Gasteiger partial charge in [0.1, 0.15) is 18.2 Å². The van der Waals surface area contributed by atoms with Crippen LogP contribution in [0, 0.1) is 5.92 Å². The van der Waals surface area contributed by atoms with Crippen molar-refractivity contribution >= 4 is 29.7 Å². The second-order valence-electron chi connectivity index (χ2n) is 11.1. The summed E-state index contributed by atoms with van der Waals surface area (Å²) in [6.45, 7) is 5.46. The number of carbonyl (C=O) groups is 5. The zero-order valence-corrected chi connectivity index (χ0v) is 24.9. The molecular formula is C26H44N4O13. The van der Waals surface area contributed by atoms with Crippen molar-refractivity contribution in [1.29, 1.82) is 0 Å². The largest absolute Gasteiger partial charge is 0.480 e. The zero-order valence-electron chi connectivity index (χ0n) is 24.9. The molecule has 17 nitrogen and oxygen atoms in total. The lowest BCUT2D eigenvalue weighted by atomic mass is 9.89. The van der Waals surface area contributed by atoms with Crippen molar-refractivity contribution < 1.29 is 63.7 Å². The summed E-state index contributed by atoms with van der Waals surface area (Å²) in [5, 5.41) is 54.8. The highest BCUT2D eigenvalue weighted by Crippen LogP contribution is 2.31. The van der Waals surface area contributed by atoms with Gasteiger partial charge in [-0.05, 0) is 20.8 Å². The predicted octanol–water partition coefficient (Wildman–Crippen LogP) is -2.87. The van der Waals surface area contributed by atoms with Crippen LogP contribution in [0.1, 0.15) is 34.6 Å². The van der Waals surface area contributed by atoms with Crippen LogP contribution >= 0.6 is 0 Å². The van der Waals surface area contributed by atoms with E-state index in [2.05, 4.69) is 10.6 Å². The molecule has 2 aliphatic rings. The molecule has 4 unspecified atom stereocenters. The average molecular weight is 621 g/mol. The third kappa shape index (κ3) is 10.9. The Morgan fingerprint density at radius 3 is 1.70 bits per heavy atom. The van der Waals surface area contributed by atoms with Crippen LogP contribution in [0.3, 0.4) is 0 Å². The van der Waals surface area contributed by atoms with Crippen LogP contribution < -0.4 is 10.6 Å². The van der Waals surface area contributed by atoms with E-state index in [0.717, 1.165) is 4.90 Å². The van der Waals surface area contributed by atoms with Gasteiger partial charge >= 0.3 is 17.9 Å². The van der Waals surface area contributed by atoms with Crippen LogP contribution in [-0.2, 0) is 38.2 Å². The quantitative estimate of drug-likeness (QED) is 0.0973. The predicted molar refractivity (Wildman–Crippen MR) is 146 cm³/mol. The lowest BCUT2D eigenvalue weighted by Gasteiger charge is -2.47. The normalized spacial score (nSPS) is 32.8. The highest BCUT2D eigenvalue weighted by atomic mass is 16.7. The van der Waals surface area contributed by atoms with Crippen LogP contribution in [0.5, 0.6) is 0 Å². The molecule has 10 atom stereocenters. The molecule has 2 heterocycles. The minimum Gasteiger partial charge on any atom is -0.480 e. The summed E-state index contributed by atoms with van der Waals surface area (Å²) in [6.07, 6.45) is -6.40. The van der Waals surface area contributed by atoms with Crippen LogP contribution in [0.4, 0.5) is 0 Å².